The number of ether oxygens (including phenoxy) is 2. The summed E-state index contributed by atoms with van der Waals surface area (Å²) < 4.78 is 158. The molecular weight excluding hydrogens is 450 g/mol. The minimum absolute atomic E-state index is 0.0959. The molecule has 0 radical (unpaired) electrons. The number of rotatable bonds is 7. The highest BCUT2D eigenvalue weighted by atomic mass is 19.4. The van der Waals surface area contributed by atoms with E-state index < -0.39 is 59.0 Å². The highest BCUT2D eigenvalue weighted by Crippen LogP contribution is 2.43. The third-order valence-corrected chi connectivity index (χ3v) is 2.80. The van der Waals surface area contributed by atoms with E-state index in [1.54, 1.807) is 0 Å². The number of hydrogen-bond donors (Lipinski definition) is 0. The lowest BCUT2D eigenvalue weighted by molar-refractivity contribution is -0.385. The van der Waals surface area contributed by atoms with Gasteiger partial charge in [-0.2, -0.15) is 43.9 Å². The second-order valence-corrected chi connectivity index (χ2v) is 5.02. The van der Waals surface area contributed by atoms with Gasteiger partial charge in [0.2, 0.25) is 0 Å². The summed E-state index contributed by atoms with van der Waals surface area (Å²) in [6.07, 6.45) is -34.3. The lowest BCUT2D eigenvalue weighted by Crippen LogP contribution is -2.47. The number of benzene rings is 1. The fraction of sp³-hybridized carbons (Fsp3) is 0.500. The predicted octanol–water partition coefficient (Wildman–Crippen LogP) is 5.34. The zero-order valence-electron chi connectivity index (χ0n) is 13.0. The molecule has 0 aliphatic heterocycles. The molecule has 5 nitrogen and oxygen atoms in total. The largest absolute Gasteiger partial charge is 0.439 e. The van der Waals surface area contributed by atoms with E-state index in [4.69, 9.17) is 0 Å². The van der Waals surface area contributed by atoms with Gasteiger partial charge >= 0.3 is 24.6 Å². The summed E-state index contributed by atoms with van der Waals surface area (Å²) in [7, 11) is 0. The molecule has 0 heterocycles. The van der Waals surface area contributed by atoms with Crippen LogP contribution in [0.4, 0.5) is 58.4 Å². The Hall–Kier alpha value is -2.62. The van der Waals surface area contributed by atoms with Gasteiger partial charge in [-0.3, -0.25) is 10.1 Å². The van der Waals surface area contributed by atoms with Gasteiger partial charge < -0.3 is 9.47 Å². The van der Waals surface area contributed by atoms with Crippen molar-refractivity contribution in [3.63, 3.8) is 0 Å². The van der Waals surface area contributed by atoms with Crippen LogP contribution in [-0.4, -0.2) is 41.8 Å². The molecule has 0 fully saturated rings. The summed E-state index contributed by atoms with van der Waals surface area (Å²) >= 11 is 0. The van der Waals surface area contributed by atoms with Crippen LogP contribution in [0, 0.1) is 10.1 Å². The van der Waals surface area contributed by atoms with Gasteiger partial charge in [-0.25, -0.2) is 8.78 Å². The maximum atomic E-state index is 13.3. The standard InChI is InChI=1S/C12H5F12NO4/c13-7(9(15,16)17)11(21,22)28-5-2-1-4(25(26)27)3-6(5)29-12(23,24)8(14)10(18,19)20/h1-3,7-8H. The van der Waals surface area contributed by atoms with E-state index in [0.717, 1.165) is 0 Å². The highest BCUT2D eigenvalue weighted by Gasteiger charge is 2.61. The second kappa shape index (κ2) is 7.66. The third kappa shape index (κ3) is 5.93. The third-order valence-electron chi connectivity index (χ3n) is 2.80. The zero-order chi connectivity index (χ0) is 23.0. The van der Waals surface area contributed by atoms with Gasteiger partial charge in [0, 0.05) is 6.07 Å². The minimum atomic E-state index is -6.25. The molecule has 0 aliphatic carbocycles. The van der Waals surface area contributed by atoms with Crippen molar-refractivity contribution < 1.29 is 67.1 Å². The quantitative estimate of drug-likeness (QED) is 0.317. The smallest absolute Gasteiger partial charge is 0.426 e. The van der Waals surface area contributed by atoms with Gasteiger partial charge in [-0.1, -0.05) is 0 Å². The molecule has 1 aromatic carbocycles. The van der Waals surface area contributed by atoms with E-state index in [9.17, 15) is 62.8 Å². The molecule has 17 heteroatoms. The molecular formula is C12H5F12NO4. The maximum Gasteiger partial charge on any atom is 0.439 e. The first-order valence-electron chi connectivity index (χ1n) is 6.62. The van der Waals surface area contributed by atoms with Crippen molar-refractivity contribution in [1.82, 2.24) is 0 Å². The van der Waals surface area contributed by atoms with Gasteiger partial charge in [-0.05, 0) is 6.07 Å². The van der Waals surface area contributed by atoms with Crippen LogP contribution in [0.5, 0.6) is 11.5 Å². The van der Waals surface area contributed by atoms with Gasteiger partial charge in [0.15, 0.2) is 11.5 Å². The van der Waals surface area contributed by atoms with E-state index in [0.29, 0.717) is 0 Å². The average Bonchev–Trinajstić information content (AvgIpc) is 2.52. The first kappa shape index (κ1) is 24.4. The predicted molar refractivity (Wildman–Crippen MR) is 66.1 cm³/mol. The van der Waals surface area contributed by atoms with Crippen LogP contribution < -0.4 is 9.47 Å². The summed E-state index contributed by atoms with van der Waals surface area (Å²) in [5.41, 5.74) is -1.30. The second-order valence-electron chi connectivity index (χ2n) is 5.02. The Morgan fingerprint density at radius 1 is 0.759 bits per heavy atom. The first-order valence-corrected chi connectivity index (χ1v) is 6.62. The average molecular weight is 455 g/mol. The fourth-order valence-corrected chi connectivity index (χ4v) is 1.55. The molecule has 0 bridgehead atoms. The summed E-state index contributed by atoms with van der Waals surface area (Å²) in [6, 6.07) is -0.196. The van der Waals surface area contributed by atoms with Crippen molar-refractivity contribution in [3.8, 4) is 11.5 Å². The van der Waals surface area contributed by atoms with Gasteiger partial charge in [-0.15, -0.1) is 0 Å². The van der Waals surface area contributed by atoms with Crippen molar-refractivity contribution in [3.05, 3.63) is 28.3 Å². The van der Waals surface area contributed by atoms with E-state index in [-0.39, 0.29) is 18.2 Å². The first-order chi connectivity index (χ1) is 12.8. The zero-order valence-corrected chi connectivity index (χ0v) is 13.0. The molecule has 0 aromatic heterocycles. The molecule has 0 amide bonds. The van der Waals surface area contributed by atoms with Gasteiger partial charge in [0.1, 0.15) is 0 Å². The molecule has 0 N–H and O–H groups in total. The Morgan fingerprint density at radius 3 is 1.48 bits per heavy atom. The van der Waals surface area contributed by atoms with Crippen molar-refractivity contribution >= 4 is 5.69 Å². The Balaban J connectivity index is 3.38. The Kier molecular flexibility index (Phi) is 6.45. The van der Waals surface area contributed by atoms with Crippen LogP contribution in [0.2, 0.25) is 0 Å². The summed E-state index contributed by atoms with van der Waals surface area (Å²) in [4.78, 5) is 9.15. The summed E-state index contributed by atoms with van der Waals surface area (Å²) in [5.74, 6) is -4.06. The molecule has 1 aromatic rings. The Labute approximate surface area is 150 Å². The molecule has 0 saturated heterocycles. The van der Waals surface area contributed by atoms with Gasteiger partial charge in [0.25, 0.3) is 18.0 Å². The molecule has 2 atom stereocenters. The van der Waals surface area contributed by atoms with Crippen molar-refractivity contribution in [2.24, 2.45) is 0 Å². The number of nitro groups is 1. The van der Waals surface area contributed by atoms with Gasteiger partial charge in [0.05, 0.1) is 11.0 Å². The van der Waals surface area contributed by atoms with Crippen LogP contribution in [0.1, 0.15) is 0 Å². The maximum absolute atomic E-state index is 13.3. The normalized spacial score (nSPS) is 15.6. The fourth-order valence-electron chi connectivity index (χ4n) is 1.55. The Morgan fingerprint density at radius 2 is 1.14 bits per heavy atom. The molecule has 2 unspecified atom stereocenters. The number of nitrogens with zero attached hydrogens (tertiary/aromatic N) is 1. The molecule has 0 saturated carbocycles. The van der Waals surface area contributed by atoms with E-state index in [1.807, 2.05) is 0 Å². The summed E-state index contributed by atoms with van der Waals surface area (Å²) in [6.45, 7) is 0. The van der Waals surface area contributed by atoms with E-state index in [2.05, 4.69) is 9.47 Å². The van der Waals surface area contributed by atoms with Crippen molar-refractivity contribution in [2.45, 2.75) is 36.9 Å². The molecule has 1 rings (SSSR count). The molecule has 166 valence electrons. The van der Waals surface area contributed by atoms with E-state index >= 15 is 0 Å². The lowest BCUT2D eigenvalue weighted by atomic mass is 10.2. The van der Waals surface area contributed by atoms with Crippen LogP contribution in [0.15, 0.2) is 18.2 Å². The highest BCUT2D eigenvalue weighted by molar-refractivity contribution is 5.49. The minimum Gasteiger partial charge on any atom is -0.426 e. The topological polar surface area (TPSA) is 61.6 Å². The summed E-state index contributed by atoms with van der Waals surface area (Å²) in [5, 5.41) is 10.6. The van der Waals surface area contributed by atoms with Crippen LogP contribution in [-0.2, 0) is 0 Å². The van der Waals surface area contributed by atoms with Crippen LogP contribution >= 0.6 is 0 Å². The molecule has 0 spiro atoms. The van der Waals surface area contributed by atoms with E-state index in [1.165, 1.54) is 0 Å². The van der Waals surface area contributed by atoms with Crippen molar-refractivity contribution in [1.29, 1.82) is 0 Å². The Bertz CT molecular complexity index is 747. The van der Waals surface area contributed by atoms with Crippen LogP contribution in [0.25, 0.3) is 0 Å². The molecule has 0 aliphatic rings. The SMILES string of the molecule is O=[N+]([O-])c1ccc(OC(F)(F)C(F)C(F)(F)F)c(OC(F)(F)C(F)C(F)(F)F)c1. The lowest BCUT2D eigenvalue weighted by Gasteiger charge is -2.26. The number of alkyl halides is 12. The van der Waals surface area contributed by atoms with Crippen LogP contribution in [0.3, 0.4) is 0 Å². The van der Waals surface area contributed by atoms with Crippen molar-refractivity contribution in [2.75, 3.05) is 0 Å². The molecule has 29 heavy (non-hydrogen) atoms. The number of non-ortho nitro benzene ring substituents is 1. The monoisotopic (exact) mass is 455 g/mol. The number of nitro benzene ring substituents is 1. The number of halogens is 12. The number of hydrogen-bond acceptors (Lipinski definition) is 4.